The van der Waals surface area contributed by atoms with Gasteiger partial charge in [0.2, 0.25) is 0 Å². The summed E-state index contributed by atoms with van der Waals surface area (Å²) in [5.74, 6) is 0.429. The fourth-order valence-corrected chi connectivity index (χ4v) is 2.24. The van der Waals surface area contributed by atoms with Crippen molar-refractivity contribution in [1.29, 1.82) is 0 Å². The number of fused-ring (bicyclic) bond motifs is 1. The van der Waals surface area contributed by atoms with E-state index >= 15 is 0 Å². The zero-order valence-electron chi connectivity index (χ0n) is 8.50. The predicted molar refractivity (Wildman–Crippen MR) is 57.0 cm³/mol. The van der Waals surface area contributed by atoms with Crippen LogP contribution in [0, 0.1) is 0 Å². The maximum Gasteiger partial charge on any atom is 0.343 e. The lowest BCUT2D eigenvalue weighted by Gasteiger charge is -2.11. The maximum absolute atomic E-state index is 11.6. The van der Waals surface area contributed by atoms with Crippen molar-refractivity contribution in [1.82, 2.24) is 14.8 Å². The second-order valence-corrected chi connectivity index (χ2v) is 3.93. The fraction of sp³-hybridized carbons (Fsp3) is 0.273. The lowest BCUT2D eigenvalue weighted by Crippen LogP contribution is -2.20. The Balaban J connectivity index is 2.13. The molecule has 16 heavy (non-hydrogen) atoms. The van der Waals surface area contributed by atoms with E-state index in [4.69, 9.17) is 0 Å². The van der Waals surface area contributed by atoms with Gasteiger partial charge in [0, 0.05) is 6.42 Å². The van der Waals surface area contributed by atoms with E-state index in [2.05, 4.69) is 10.2 Å². The van der Waals surface area contributed by atoms with Gasteiger partial charge in [-0.2, -0.15) is 5.10 Å². The Morgan fingerprint density at radius 1 is 1.38 bits per heavy atom. The molecule has 1 aliphatic heterocycles. The highest BCUT2D eigenvalue weighted by Crippen LogP contribution is 2.35. The van der Waals surface area contributed by atoms with Crippen molar-refractivity contribution in [3.63, 3.8) is 0 Å². The monoisotopic (exact) mass is 217 g/mol. The van der Waals surface area contributed by atoms with Crippen molar-refractivity contribution in [2.75, 3.05) is 0 Å². The molecule has 2 unspecified atom stereocenters. The summed E-state index contributed by atoms with van der Waals surface area (Å²) in [5, 5.41) is 16.0. The fourth-order valence-electron chi connectivity index (χ4n) is 2.24. The number of rotatable bonds is 1. The van der Waals surface area contributed by atoms with Crippen LogP contribution in [-0.2, 0) is 0 Å². The van der Waals surface area contributed by atoms with Gasteiger partial charge in [-0.25, -0.2) is 9.89 Å². The standard InChI is InChI=1S/C11H11N3O2/c15-9-6-8(7-4-2-1-3-5-7)14-10(9)12-13-11(14)16/h1-5,8-9,15H,6H2,(H,13,16). The Kier molecular flexibility index (Phi) is 1.94. The third-order valence-corrected chi connectivity index (χ3v) is 2.97. The first-order chi connectivity index (χ1) is 7.77. The van der Waals surface area contributed by atoms with Crippen molar-refractivity contribution < 1.29 is 5.11 Å². The minimum absolute atomic E-state index is 0.113. The highest BCUT2D eigenvalue weighted by molar-refractivity contribution is 5.23. The molecule has 1 aromatic carbocycles. The molecule has 0 spiro atoms. The molecule has 5 heteroatoms. The largest absolute Gasteiger partial charge is 0.385 e. The van der Waals surface area contributed by atoms with Crippen LogP contribution in [0.3, 0.4) is 0 Å². The third-order valence-electron chi connectivity index (χ3n) is 2.97. The zero-order chi connectivity index (χ0) is 11.1. The van der Waals surface area contributed by atoms with Crippen molar-refractivity contribution in [2.24, 2.45) is 0 Å². The molecule has 2 atom stereocenters. The molecule has 0 saturated heterocycles. The van der Waals surface area contributed by atoms with Crippen LogP contribution in [0.25, 0.3) is 0 Å². The highest BCUT2D eigenvalue weighted by atomic mass is 16.3. The van der Waals surface area contributed by atoms with Crippen LogP contribution in [0.4, 0.5) is 0 Å². The molecule has 2 N–H and O–H groups in total. The Hall–Kier alpha value is -1.88. The van der Waals surface area contributed by atoms with Gasteiger partial charge in [-0.15, -0.1) is 0 Å². The molecule has 0 saturated carbocycles. The smallest absolute Gasteiger partial charge is 0.343 e. The Morgan fingerprint density at radius 2 is 2.12 bits per heavy atom. The molecule has 1 aliphatic rings. The molecule has 2 aromatic rings. The summed E-state index contributed by atoms with van der Waals surface area (Å²) in [6.07, 6.45) is -0.153. The van der Waals surface area contributed by atoms with E-state index in [1.165, 1.54) is 4.57 Å². The van der Waals surface area contributed by atoms with Gasteiger partial charge in [0.05, 0.1) is 6.04 Å². The molecule has 0 amide bonds. The van der Waals surface area contributed by atoms with E-state index in [0.717, 1.165) is 5.56 Å². The summed E-state index contributed by atoms with van der Waals surface area (Å²) in [7, 11) is 0. The minimum Gasteiger partial charge on any atom is -0.385 e. The first-order valence-electron chi connectivity index (χ1n) is 5.17. The SMILES string of the molecule is O=c1[nH]nc2n1C(c1ccccc1)CC2O. The summed E-state index contributed by atoms with van der Waals surface area (Å²) in [6.45, 7) is 0. The maximum atomic E-state index is 11.6. The summed E-state index contributed by atoms with van der Waals surface area (Å²) in [4.78, 5) is 11.6. The Bertz CT molecular complexity index is 558. The quantitative estimate of drug-likeness (QED) is 0.734. The molecule has 1 aromatic heterocycles. The molecule has 0 bridgehead atoms. The van der Waals surface area contributed by atoms with Crippen LogP contribution in [0.1, 0.15) is 30.0 Å². The predicted octanol–water partition coefficient (Wildman–Crippen LogP) is 0.598. The lowest BCUT2D eigenvalue weighted by atomic mass is 10.0. The topological polar surface area (TPSA) is 70.9 Å². The normalized spacial score (nSPS) is 23.3. The van der Waals surface area contributed by atoms with Gasteiger partial charge in [0.15, 0.2) is 5.82 Å². The van der Waals surface area contributed by atoms with Crippen LogP contribution < -0.4 is 5.69 Å². The zero-order valence-corrected chi connectivity index (χ0v) is 8.50. The van der Waals surface area contributed by atoms with Gasteiger partial charge in [0.1, 0.15) is 6.10 Å². The van der Waals surface area contributed by atoms with Crippen LogP contribution in [0.5, 0.6) is 0 Å². The molecule has 3 rings (SSSR count). The summed E-state index contributed by atoms with van der Waals surface area (Å²) in [6, 6.07) is 9.55. The first kappa shape index (κ1) is 9.35. The van der Waals surface area contributed by atoms with E-state index in [1.807, 2.05) is 30.3 Å². The van der Waals surface area contributed by atoms with Crippen molar-refractivity contribution in [3.05, 3.63) is 52.2 Å². The number of nitrogens with zero attached hydrogens (tertiary/aromatic N) is 2. The van der Waals surface area contributed by atoms with Crippen LogP contribution in [0.2, 0.25) is 0 Å². The molecule has 5 nitrogen and oxygen atoms in total. The number of aliphatic hydroxyl groups is 1. The van der Waals surface area contributed by atoms with Crippen LogP contribution in [0.15, 0.2) is 35.1 Å². The number of aromatic amines is 1. The summed E-state index contributed by atoms with van der Waals surface area (Å²) in [5.41, 5.74) is 0.754. The average molecular weight is 217 g/mol. The van der Waals surface area contributed by atoms with Crippen LogP contribution >= 0.6 is 0 Å². The number of aliphatic hydroxyl groups excluding tert-OH is 1. The second-order valence-electron chi connectivity index (χ2n) is 3.93. The number of aromatic nitrogens is 3. The Morgan fingerprint density at radius 3 is 2.88 bits per heavy atom. The van der Waals surface area contributed by atoms with E-state index in [9.17, 15) is 9.90 Å². The van der Waals surface area contributed by atoms with Gasteiger partial charge in [-0.3, -0.25) is 4.57 Å². The third kappa shape index (κ3) is 1.22. The molecule has 0 aliphatic carbocycles. The van der Waals surface area contributed by atoms with Gasteiger partial charge in [0.25, 0.3) is 0 Å². The number of H-pyrrole nitrogens is 1. The minimum atomic E-state index is -0.663. The van der Waals surface area contributed by atoms with Gasteiger partial charge in [-0.1, -0.05) is 30.3 Å². The molecular weight excluding hydrogens is 206 g/mol. The van der Waals surface area contributed by atoms with Gasteiger partial charge in [-0.05, 0) is 5.56 Å². The highest BCUT2D eigenvalue weighted by Gasteiger charge is 2.33. The second kappa shape index (κ2) is 3.31. The molecule has 82 valence electrons. The molecule has 0 radical (unpaired) electrons. The number of hydrogen-bond donors (Lipinski definition) is 2. The first-order valence-corrected chi connectivity index (χ1v) is 5.17. The molecule has 2 heterocycles. The van der Waals surface area contributed by atoms with Gasteiger partial charge < -0.3 is 5.11 Å². The lowest BCUT2D eigenvalue weighted by molar-refractivity contribution is 0.171. The van der Waals surface area contributed by atoms with Crippen molar-refractivity contribution in [2.45, 2.75) is 18.6 Å². The van der Waals surface area contributed by atoms with E-state index in [1.54, 1.807) is 0 Å². The van der Waals surface area contributed by atoms with Crippen molar-refractivity contribution >= 4 is 0 Å². The number of benzene rings is 1. The summed E-state index contributed by atoms with van der Waals surface area (Å²) < 4.78 is 1.53. The van der Waals surface area contributed by atoms with Crippen molar-refractivity contribution in [3.8, 4) is 0 Å². The van der Waals surface area contributed by atoms with E-state index in [-0.39, 0.29) is 11.7 Å². The van der Waals surface area contributed by atoms with Gasteiger partial charge >= 0.3 is 5.69 Å². The number of hydrogen-bond acceptors (Lipinski definition) is 3. The summed E-state index contributed by atoms with van der Waals surface area (Å²) >= 11 is 0. The number of nitrogens with one attached hydrogen (secondary N) is 1. The van der Waals surface area contributed by atoms with Crippen LogP contribution in [-0.4, -0.2) is 19.9 Å². The van der Waals surface area contributed by atoms with E-state index in [0.29, 0.717) is 12.2 Å². The molecule has 0 fully saturated rings. The average Bonchev–Trinajstić information content (AvgIpc) is 2.83. The Labute approximate surface area is 91.4 Å². The molecular formula is C11H11N3O2. The van der Waals surface area contributed by atoms with E-state index < -0.39 is 6.10 Å².